The SMILES string of the molecule is CCCCN1C(=O)[C@@H](CC2(O)CCCCC2)NC(=O)C12CCN(Cc1ccc(C(=O)Nc3cccc(C(=O)O)c3)cc1)CC2.Cl. The van der Waals surface area contributed by atoms with Crippen molar-refractivity contribution in [2.45, 2.75) is 94.9 Å². The smallest absolute Gasteiger partial charge is 0.335 e. The topological polar surface area (TPSA) is 139 Å². The summed E-state index contributed by atoms with van der Waals surface area (Å²) in [5.41, 5.74) is 0.242. The minimum Gasteiger partial charge on any atom is -0.478 e. The van der Waals surface area contributed by atoms with E-state index in [-0.39, 0.29) is 42.1 Å². The van der Waals surface area contributed by atoms with Gasteiger partial charge in [0.15, 0.2) is 0 Å². The van der Waals surface area contributed by atoms with Gasteiger partial charge in [-0.15, -0.1) is 12.4 Å². The van der Waals surface area contributed by atoms with Crippen LogP contribution in [0, 0.1) is 0 Å². The second-order valence-corrected chi connectivity index (χ2v) is 12.7. The van der Waals surface area contributed by atoms with E-state index in [0.29, 0.717) is 63.1 Å². The normalized spacial score (nSPS) is 21.1. The summed E-state index contributed by atoms with van der Waals surface area (Å²) in [6.07, 6.45) is 7.46. The number of nitrogens with zero attached hydrogens (tertiary/aromatic N) is 2. The molecule has 1 saturated carbocycles. The van der Waals surface area contributed by atoms with Gasteiger partial charge in [0, 0.05) is 43.9 Å². The van der Waals surface area contributed by atoms with E-state index in [2.05, 4.69) is 22.5 Å². The van der Waals surface area contributed by atoms with Crippen LogP contribution in [0.25, 0.3) is 0 Å². The monoisotopic (exact) mass is 640 g/mol. The lowest BCUT2D eigenvalue weighted by molar-refractivity contribution is -0.163. The summed E-state index contributed by atoms with van der Waals surface area (Å²) in [7, 11) is 0. The Hall–Kier alpha value is -3.47. The van der Waals surface area contributed by atoms with Gasteiger partial charge in [0.25, 0.3) is 5.91 Å². The molecule has 0 bridgehead atoms. The van der Waals surface area contributed by atoms with Crippen LogP contribution in [0.5, 0.6) is 0 Å². The molecule has 0 radical (unpaired) electrons. The van der Waals surface area contributed by atoms with Crippen molar-refractivity contribution in [2.24, 2.45) is 0 Å². The van der Waals surface area contributed by atoms with E-state index in [1.807, 2.05) is 17.0 Å². The zero-order valence-electron chi connectivity index (χ0n) is 25.9. The summed E-state index contributed by atoms with van der Waals surface area (Å²) in [6, 6.07) is 12.7. The first-order valence-corrected chi connectivity index (χ1v) is 15.9. The van der Waals surface area contributed by atoms with Crippen molar-refractivity contribution in [1.29, 1.82) is 0 Å². The molecule has 2 aliphatic heterocycles. The largest absolute Gasteiger partial charge is 0.478 e. The van der Waals surface area contributed by atoms with Crippen LogP contribution in [0.15, 0.2) is 48.5 Å². The first kappa shape index (κ1) is 34.4. The summed E-state index contributed by atoms with van der Waals surface area (Å²) in [5.74, 6) is -1.54. The van der Waals surface area contributed by atoms with E-state index >= 15 is 0 Å². The molecule has 45 heavy (non-hydrogen) atoms. The van der Waals surface area contributed by atoms with Crippen molar-refractivity contribution in [3.05, 3.63) is 65.2 Å². The molecule has 4 N–H and O–H groups in total. The Morgan fingerprint density at radius 1 is 0.978 bits per heavy atom. The zero-order chi connectivity index (χ0) is 31.3. The number of carboxylic acid groups (broad SMARTS) is 1. The molecule has 11 heteroatoms. The first-order chi connectivity index (χ1) is 21.1. The molecule has 2 aromatic rings. The lowest BCUT2D eigenvalue weighted by Crippen LogP contribution is -2.73. The molecule has 3 aliphatic rings. The number of aliphatic hydroxyl groups is 1. The fourth-order valence-electron chi connectivity index (χ4n) is 6.98. The standard InChI is InChI=1S/C34H44N4O6.ClH/c1-2-3-18-38-30(40)28(22-33(44)14-5-4-6-15-33)36-32(43)34(38)16-19-37(20-17-34)23-24-10-12-25(13-11-24)29(39)35-27-9-7-8-26(21-27)31(41)42;/h7-13,21,28,44H,2-6,14-20,22-23H2,1H3,(H,35,39)(H,36,43)(H,41,42);1H/t28-;/m1./s1. The number of rotatable bonds is 10. The van der Waals surface area contributed by atoms with Crippen LogP contribution in [-0.2, 0) is 16.1 Å². The minimum absolute atomic E-state index is 0. The number of piperidine rings is 1. The number of unbranched alkanes of at least 4 members (excludes halogenated alkanes) is 1. The quantitative estimate of drug-likeness (QED) is 0.298. The van der Waals surface area contributed by atoms with Crippen molar-refractivity contribution >= 4 is 41.8 Å². The predicted octanol–water partition coefficient (Wildman–Crippen LogP) is 4.61. The fraction of sp³-hybridized carbons (Fsp3) is 0.529. The molecule has 3 fully saturated rings. The maximum absolute atomic E-state index is 13.8. The van der Waals surface area contributed by atoms with E-state index in [9.17, 15) is 29.4 Å². The Bertz CT molecular complexity index is 1370. The highest BCUT2D eigenvalue weighted by Crippen LogP contribution is 2.37. The van der Waals surface area contributed by atoms with Crippen molar-refractivity contribution < 1.29 is 29.4 Å². The molecule has 3 amide bonds. The number of halogens is 1. The van der Waals surface area contributed by atoms with Gasteiger partial charge in [-0.25, -0.2) is 4.79 Å². The van der Waals surface area contributed by atoms with Gasteiger partial charge in [-0.1, -0.05) is 50.8 Å². The van der Waals surface area contributed by atoms with E-state index < -0.39 is 23.2 Å². The molecule has 0 aromatic heterocycles. The molecule has 1 spiro atoms. The Balaban J connectivity index is 0.00000461. The summed E-state index contributed by atoms with van der Waals surface area (Å²) in [6.45, 7) is 4.58. The van der Waals surface area contributed by atoms with E-state index in [1.165, 1.54) is 12.1 Å². The average Bonchev–Trinajstić information content (AvgIpc) is 3.01. The lowest BCUT2D eigenvalue weighted by Gasteiger charge is -2.52. The Kier molecular flexibility index (Phi) is 11.3. The van der Waals surface area contributed by atoms with E-state index in [4.69, 9.17) is 0 Å². The third-order valence-electron chi connectivity index (χ3n) is 9.59. The number of hydrogen-bond acceptors (Lipinski definition) is 6. The van der Waals surface area contributed by atoms with Crippen molar-refractivity contribution in [2.75, 3.05) is 25.0 Å². The van der Waals surface area contributed by atoms with Crippen molar-refractivity contribution in [3.63, 3.8) is 0 Å². The van der Waals surface area contributed by atoms with Crippen LogP contribution >= 0.6 is 12.4 Å². The van der Waals surface area contributed by atoms with Gasteiger partial charge >= 0.3 is 5.97 Å². The predicted molar refractivity (Wildman–Crippen MR) is 173 cm³/mol. The number of nitrogens with one attached hydrogen (secondary N) is 2. The van der Waals surface area contributed by atoms with E-state index in [1.54, 1.807) is 24.3 Å². The zero-order valence-corrected chi connectivity index (χ0v) is 26.7. The molecular weight excluding hydrogens is 596 g/mol. The Labute approximate surface area is 271 Å². The molecule has 2 aromatic carbocycles. The van der Waals surface area contributed by atoms with Crippen LogP contribution in [-0.4, -0.2) is 80.5 Å². The number of carbonyl (C=O) groups excluding carboxylic acids is 3. The number of carbonyl (C=O) groups is 4. The second-order valence-electron chi connectivity index (χ2n) is 12.7. The molecule has 2 saturated heterocycles. The van der Waals surface area contributed by atoms with Crippen LogP contribution in [0.2, 0.25) is 0 Å². The molecule has 244 valence electrons. The van der Waals surface area contributed by atoms with Crippen LogP contribution in [0.3, 0.4) is 0 Å². The Morgan fingerprint density at radius 3 is 2.31 bits per heavy atom. The third-order valence-corrected chi connectivity index (χ3v) is 9.59. The van der Waals surface area contributed by atoms with Gasteiger partial charge < -0.3 is 25.7 Å². The highest BCUT2D eigenvalue weighted by atomic mass is 35.5. The summed E-state index contributed by atoms with van der Waals surface area (Å²) >= 11 is 0. The van der Waals surface area contributed by atoms with Crippen LogP contribution < -0.4 is 10.6 Å². The van der Waals surface area contributed by atoms with Crippen molar-refractivity contribution in [3.8, 4) is 0 Å². The fourth-order valence-corrected chi connectivity index (χ4v) is 6.98. The van der Waals surface area contributed by atoms with E-state index in [0.717, 1.165) is 37.7 Å². The highest BCUT2D eigenvalue weighted by Gasteiger charge is 2.54. The maximum Gasteiger partial charge on any atom is 0.335 e. The molecule has 1 atom stereocenters. The first-order valence-electron chi connectivity index (χ1n) is 15.9. The Morgan fingerprint density at radius 2 is 1.67 bits per heavy atom. The lowest BCUT2D eigenvalue weighted by atomic mass is 9.77. The van der Waals surface area contributed by atoms with Crippen LogP contribution in [0.4, 0.5) is 5.69 Å². The number of likely N-dealkylation sites (tertiary alicyclic amines) is 1. The van der Waals surface area contributed by atoms with Gasteiger partial charge in [-0.3, -0.25) is 19.3 Å². The molecular formula is C34H45ClN4O6. The maximum atomic E-state index is 13.8. The van der Waals surface area contributed by atoms with Gasteiger partial charge in [0.1, 0.15) is 11.6 Å². The molecule has 0 unspecified atom stereocenters. The molecule has 2 heterocycles. The van der Waals surface area contributed by atoms with Crippen molar-refractivity contribution in [1.82, 2.24) is 15.1 Å². The number of hydrogen-bond donors (Lipinski definition) is 4. The van der Waals surface area contributed by atoms with Gasteiger partial charge in [0.05, 0.1) is 11.2 Å². The molecule has 10 nitrogen and oxygen atoms in total. The summed E-state index contributed by atoms with van der Waals surface area (Å²) in [4.78, 5) is 55.6. The number of carboxylic acids is 1. The third kappa shape index (κ3) is 7.85. The highest BCUT2D eigenvalue weighted by molar-refractivity contribution is 6.05. The molecule has 1 aliphatic carbocycles. The number of benzene rings is 2. The second kappa shape index (κ2) is 14.7. The number of amides is 3. The molecule has 5 rings (SSSR count). The number of aromatic carboxylic acids is 1. The van der Waals surface area contributed by atoms with Gasteiger partial charge in [-0.05, 0) is 68.0 Å². The van der Waals surface area contributed by atoms with Crippen LogP contribution in [0.1, 0.15) is 97.4 Å². The minimum atomic E-state index is -1.06. The van der Waals surface area contributed by atoms with Gasteiger partial charge in [0.2, 0.25) is 11.8 Å². The number of anilines is 1. The summed E-state index contributed by atoms with van der Waals surface area (Å²) < 4.78 is 0. The van der Waals surface area contributed by atoms with Gasteiger partial charge in [-0.2, -0.15) is 0 Å². The number of piperazine rings is 1. The summed E-state index contributed by atoms with van der Waals surface area (Å²) in [5, 5.41) is 26.1. The average molecular weight is 641 g/mol.